The van der Waals surface area contributed by atoms with Gasteiger partial charge in [-0.05, 0) is 47.7 Å². The van der Waals surface area contributed by atoms with Crippen LogP contribution in [0.2, 0.25) is 0 Å². The molecule has 0 spiro atoms. The smallest absolute Gasteiger partial charge is 0.00773 e. The summed E-state index contributed by atoms with van der Waals surface area (Å²) in [6.07, 6.45) is 6.28. The van der Waals surface area contributed by atoms with E-state index in [9.17, 15) is 0 Å². The van der Waals surface area contributed by atoms with Crippen LogP contribution in [0.4, 0.5) is 0 Å². The van der Waals surface area contributed by atoms with Gasteiger partial charge in [0.05, 0.1) is 0 Å². The van der Waals surface area contributed by atoms with Crippen molar-refractivity contribution in [1.29, 1.82) is 0 Å². The fourth-order valence-corrected chi connectivity index (χ4v) is 8.17. The van der Waals surface area contributed by atoms with Crippen LogP contribution in [0.5, 0.6) is 0 Å². The van der Waals surface area contributed by atoms with E-state index in [2.05, 4.69) is 95.3 Å². The lowest BCUT2D eigenvalue weighted by molar-refractivity contribution is 0.727. The lowest BCUT2D eigenvalue weighted by atomic mass is 10.2. The molecule has 2 N–H and O–H groups in total. The molecule has 0 heterocycles. The maximum atomic E-state index is 5.21. The summed E-state index contributed by atoms with van der Waals surface area (Å²) in [4.78, 5) is 0. The van der Waals surface area contributed by atoms with E-state index in [0.717, 1.165) is 17.9 Å². The van der Waals surface area contributed by atoms with E-state index in [1.807, 2.05) is 0 Å². The summed E-state index contributed by atoms with van der Waals surface area (Å²) < 4.78 is 0. The van der Waals surface area contributed by atoms with Crippen molar-refractivity contribution in [3.05, 3.63) is 71.8 Å². The van der Waals surface area contributed by atoms with Gasteiger partial charge in [-0.25, -0.2) is 0 Å². The third kappa shape index (κ3) is 8.16. The van der Waals surface area contributed by atoms with Gasteiger partial charge < -0.3 is 5.73 Å². The second-order valence-electron chi connectivity index (χ2n) is 8.07. The van der Waals surface area contributed by atoms with Gasteiger partial charge in [-0.15, -0.1) is 7.26 Å². The molecule has 1 nitrogen and oxygen atoms in total. The molecule has 2 aromatic carbocycles. The standard InChI is InChI=1S/C20H28P.C5H13N/c1-17(2)21(18(3)4,15-19-11-7-5-8-12-19)16-20-13-9-6-10-14-20;1-2-3-4-5-6/h5-14,17-18H,15-16H2,1-4H3;2-6H2,1H3. The number of benzene rings is 2. The quantitative estimate of drug-likeness (QED) is 0.354. The van der Waals surface area contributed by atoms with Crippen LogP contribution < -0.4 is 5.73 Å². The van der Waals surface area contributed by atoms with E-state index in [1.54, 1.807) is 0 Å². The Morgan fingerprint density at radius 3 is 1.37 bits per heavy atom. The van der Waals surface area contributed by atoms with Crippen LogP contribution in [0.1, 0.15) is 65.0 Å². The third-order valence-corrected chi connectivity index (χ3v) is 11.5. The van der Waals surface area contributed by atoms with Crippen LogP contribution in [0, 0.1) is 0 Å². The van der Waals surface area contributed by atoms with E-state index in [1.165, 1.54) is 42.7 Å². The Morgan fingerprint density at radius 1 is 0.704 bits per heavy atom. The minimum atomic E-state index is -1.08. The van der Waals surface area contributed by atoms with Crippen molar-refractivity contribution in [2.24, 2.45) is 5.73 Å². The predicted molar refractivity (Wildman–Crippen MR) is 126 cm³/mol. The molecule has 2 rings (SSSR count). The summed E-state index contributed by atoms with van der Waals surface area (Å²) in [6.45, 7) is 12.8. The van der Waals surface area contributed by atoms with E-state index >= 15 is 0 Å². The average Bonchev–Trinajstić information content (AvgIpc) is 2.67. The van der Waals surface area contributed by atoms with Crippen molar-refractivity contribution in [2.75, 3.05) is 6.54 Å². The molecule has 0 aromatic heterocycles. The molecule has 0 aliphatic carbocycles. The minimum Gasteiger partial charge on any atom is -0.330 e. The molecule has 1 radical (unpaired) electrons. The van der Waals surface area contributed by atoms with Gasteiger partial charge >= 0.3 is 0 Å². The van der Waals surface area contributed by atoms with E-state index in [-0.39, 0.29) is 0 Å². The van der Waals surface area contributed by atoms with E-state index < -0.39 is 7.26 Å². The highest BCUT2D eigenvalue weighted by atomic mass is 31.2. The highest BCUT2D eigenvalue weighted by Crippen LogP contribution is 2.70. The van der Waals surface area contributed by atoms with Crippen LogP contribution in [-0.2, 0) is 12.3 Å². The molecule has 0 bridgehead atoms. The van der Waals surface area contributed by atoms with Gasteiger partial charge in [-0.2, -0.15) is 0 Å². The molecule has 0 saturated heterocycles. The Balaban J connectivity index is 0.000000527. The monoisotopic (exact) mass is 386 g/mol. The molecule has 151 valence electrons. The number of nitrogens with two attached hydrogens (primary N) is 1. The fraction of sp³-hybridized carbons (Fsp3) is 0.520. The Hall–Kier alpha value is -1.17. The third-order valence-electron chi connectivity index (χ3n) is 5.50. The summed E-state index contributed by atoms with van der Waals surface area (Å²) >= 11 is 0. The predicted octanol–water partition coefficient (Wildman–Crippen LogP) is 7.36. The van der Waals surface area contributed by atoms with Crippen molar-refractivity contribution in [1.82, 2.24) is 0 Å². The summed E-state index contributed by atoms with van der Waals surface area (Å²) in [5.74, 6) is 0. The van der Waals surface area contributed by atoms with Crippen LogP contribution in [0.15, 0.2) is 60.7 Å². The lowest BCUT2D eigenvalue weighted by Crippen LogP contribution is -2.19. The number of hydrogen-bond donors (Lipinski definition) is 1. The van der Waals surface area contributed by atoms with Crippen LogP contribution in [0.3, 0.4) is 0 Å². The van der Waals surface area contributed by atoms with Gasteiger partial charge in [0.15, 0.2) is 0 Å². The highest BCUT2D eigenvalue weighted by molar-refractivity contribution is 7.75. The number of unbranched alkanes of at least 4 members (excludes halogenated alkanes) is 2. The molecule has 0 saturated carbocycles. The Labute approximate surface area is 169 Å². The fourth-order valence-electron chi connectivity index (χ4n) is 3.62. The van der Waals surface area contributed by atoms with Crippen LogP contribution in [-0.4, -0.2) is 17.9 Å². The normalized spacial score (nSPS) is 11.4. The topological polar surface area (TPSA) is 26.0 Å². The molecule has 0 fully saturated rings. The molecule has 2 heteroatoms. The molecule has 0 aliphatic heterocycles. The van der Waals surface area contributed by atoms with Crippen molar-refractivity contribution in [3.8, 4) is 0 Å². The summed E-state index contributed by atoms with van der Waals surface area (Å²) in [5, 5.41) is 0. The summed E-state index contributed by atoms with van der Waals surface area (Å²) in [5.41, 5.74) is 9.75. The van der Waals surface area contributed by atoms with Gasteiger partial charge in [0.25, 0.3) is 0 Å². The maximum Gasteiger partial charge on any atom is -0.00773 e. The lowest BCUT2D eigenvalue weighted by Gasteiger charge is -2.45. The largest absolute Gasteiger partial charge is 0.330 e. The van der Waals surface area contributed by atoms with Gasteiger partial charge in [-0.3, -0.25) is 0 Å². The second kappa shape index (κ2) is 13.1. The van der Waals surface area contributed by atoms with Crippen molar-refractivity contribution >= 4 is 7.26 Å². The minimum absolute atomic E-state index is 0.762. The molecule has 0 atom stereocenters. The van der Waals surface area contributed by atoms with Gasteiger partial charge in [0, 0.05) is 0 Å². The zero-order valence-electron chi connectivity index (χ0n) is 18.2. The summed E-state index contributed by atoms with van der Waals surface area (Å²) in [7, 11) is -1.08. The van der Waals surface area contributed by atoms with Crippen molar-refractivity contribution in [2.45, 2.75) is 77.5 Å². The first kappa shape index (κ1) is 23.9. The maximum absolute atomic E-state index is 5.21. The zero-order chi connectivity index (χ0) is 20.1. The molecule has 2 aromatic rings. The first-order valence-corrected chi connectivity index (χ1v) is 12.9. The highest BCUT2D eigenvalue weighted by Gasteiger charge is 2.34. The van der Waals surface area contributed by atoms with E-state index in [0.29, 0.717) is 0 Å². The van der Waals surface area contributed by atoms with Crippen LogP contribution in [0.25, 0.3) is 0 Å². The average molecular weight is 387 g/mol. The summed E-state index contributed by atoms with van der Waals surface area (Å²) in [6, 6.07) is 22.1. The molecule has 0 unspecified atom stereocenters. The number of hydrogen-bond acceptors (Lipinski definition) is 1. The van der Waals surface area contributed by atoms with Gasteiger partial charge in [0.1, 0.15) is 0 Å². The first-order valence-electron chi connectivity index (χ1n) is 10.6. The molecule has 0 amide bonds. The van der Waals surface area contributed by atoms with Gasteiger partial charge in [0.2, 0.25) is 0 Å². The molecular weight excluding hydrogens is 345 g/mol. The second-order valence-corrected chi connectivity index (χ2v) is 13.0. The Bertz CT molecular complexity index is 537. The molecule has 0 aliphatic rings. The van der Waals surface area contributed by atoms with Crippen molar-refractivity contribution in [3.63, 3.8) is 0 Å². The number of rotatable bonds is 9. The zero-order valence-corrected chi connectivity index (χ0v) is 19.1. The Morgan fingerprint density at radius 2 is 1.11 bits per heavy atom. The SMILES string of the molecule is CC(C)[P](Cc1ccccc1)(Cc1ccccc1)C(C)C.CCCCCN. The Kier molecular flexibility index (Phi) is 11.6. The van der Waals surface area contributed by atoms with Gasteiger partial charge in [-0.1, -0.05) is 108 Å². The van der Waals surface area contributed by atoms with E-state index in [4.69, 9.17) is 5.73 Å². The molecule has 27 heavy (non-hydrogen) atoms. The van der Waals surface area contributed by atoms with Crippen molar-refractivity contribution < 1.29 is 0 Å². The first-order chi connectivity index (χ1) is 13.0. The van der Waals surface area contributed by atoms with Crippen LogP contribution >= 0.6 is 7.26 Å². The molecular formula is C25H41NP.